The van der Waals surface area contributed by atoms with Gasteiger partial charge in [0, 0.05) is 78.4 Å². The molecule has 0 saturated heterocycles. The van der Waals surface area contributed by atoms with E-state index in [0.717, 1.165) is 6.54 Å². The molecule has 0 rings (SSSR count). The van der Waals surface area contributed by atoms with Crippen molar-refractivity contribution in [2.45, 2.75) is 33.1 Å². The Bertz CT molecular complexity index is 224. The fourth-order valence-electron chi connectivity index (χ4n) is 0.608. The zero-order valence-electron chi connectivity index (χ0n) is 12.1. The molecule has 0 saturated carbocycles. The minimum atomic E-state index is 0. The monoisotopic (exact) mass is 421 g/mol. The third kappa shape index (κ3) is 55.2. The molecule has 0 amide bonds. The second kappa shape index (κ2) is 27.2. The molecule has 0 aliphatic carbocycles. The fraction of sp³-hybridized carbons (Fsp3) is 0.667. The molecule has 19 heavy (non-hydrogen) atoms. The normalized spacial score (nSPS) is 7.42. The van der Waals surface area contributed by atoms with Crippen LogP contribution in [0.5, 0.6) is 0 Å². The molecule has 0 N–H and O–H groups in total. The number of hydrogen-bond donors (Lipinski definition) is 0. The molecule has 0 atom stereocenters. The average Bonchev–Trinajstić information content (AvgIpc) is 2.27. The standard InChI is InChI=1S/C6H13NO.C5H7O2.CHO.2Y/c1-6(8)4-5-7(2)3;1-5(7)3-2-4-6;1-2;;/h4-5H2,1-3H3;2-3H2,1H3;1H;;/q;2*-1;;. The van der Waals surface area contributed by atoms with Crippen LogP contribution in [0, 0.1) is 0 Å². The topological polar surface area (TPSA) is 71.5 Å². The third-order valence-corrected chi connectivity index (χ3v) is 1.49. The van der Waals surface area contributed by atoms with Gasteiger partial charge in [-0.2, -0.15) is 0 Å². The Morgan fingerprint density at radius 1 is 1.00 bits per heavy atom. The first-order valence-electron chi connectivity index (χ1n) is 5.12. The van der Waals surface area contributed by atoms with Crippen LogP contribution in [0.25, 0.3) is 0 Å². The van der Waals surface area contributed by atoms with Gasteiger partial charge in [0.2, 0.25) is 0 Å². The summed E-state index contributed by atoms with van der Waals surface area (Å²) in [5, 5.41) is 0. The van der Waals surface area contributed by atoms with E-state index in [9.17, 15) is 14.4 Å². The number of carbonyl (C=O) groups is 2. The summed E-state index contributed by atoms with van der Waals surface area (Å²) in [5.41, 5.74) is 0. The maximum absolute atomic E-state index is 10.3. The Labute approximate surface area is 166 Å². The number of hydrogen-bond acceptors (Lipinski definition) is 5. The molecule has 0 aliphatic heterocycles. The van der Waals surface area contributed by atoms with Gasteiger partial charge in [-0.25, -0.2) is 0 Å². The maximum Gasteiger partial charge on any atom is 0.131 e. The zero-order valence-corrected chi connectivity index (χ0v) is 17.8. The van der Waals surface area contributed by atoms with Crippen molar-refractivity contribution in [2.24, 2.45) is 0 Å². The fourth-order valence-corrected chi connectivity index (χ4v) is 0.608. The second-order valence-electron chi connectivity index (χ2n) is 3.60. The molecule has 7 heteroatoms. The summed E-state index contributed by atoms with van der Waals surface area (Å²) in [7, 11) is 3.92. The summed E-state index contributed by atoms with van der Waals surface area (Å²) in [4.78, 5) is 39.5. The van der Waals surface area contributed by atoms with Crippen LogP contribution in [0.3, 0.4) is 0 Å². The smallest absolute Gasteiger partial charge is 0.131 e. The van der Waals surface area contributed by atoms with Gasteiger partial charge in [-0.3, -0.25) is 17.9 Å². The Morgan fingerprint density at radius 3 is 1.47 bits per heavy atom. The predicted octanol–water partition coefficient (Wildman–Crippen LogP) is 0.713. The number of nitrogens with zero attached hydrogens (tertiary/aromatic N) is 1. The molecule has 0 aromatic rings. The minimum Gasteiger partial charge on any atom is -0.545 e. The Morgan fingerprint density at radius 2 is 1.37 bits per heavy atom. The molecule has 0 unspecified atom stereocenters. The molecule has 0 heterocycles. The van der Waals surface area contributed by atoms with E-state index < -0.39 is 0 Å². The molecular formula is C12H21NO4Y2-2. The molecule has 0 aromatic carbocycles. The van der Waals surface area contributed by atoms with E-state index in [0.29, 0.717) is 12.8 Å². The van der Waals surface area contributed by atoms with Gasteiger partial charge in [-0.15, -0.1) is 6.42 Å². The average molecular weight is 421 g/mol. The molecule has 2 radical (unpaired) electrons. The van der Waals surface area contributed by atoms with Crippen molar-refractivity contribution >= 4 is 24.6 Å². The zero-order chi connectivity index (χ0) is 14.3. The first kappa shape index (κ1) is 32.0. The van der Waals surface area contributed by atoms with Crippen LogP contribution in [-0.4, -0.2) is 50.2 Å². The molecule has 0 aliphatic rings. The second-order valence-corrected chi connectivity index (χ2v) is 3.60. The first-order chi connectivity index (χ1) is 7.90. The predicted molar refractivity (Wildman–Crippen MR) is 66.2 cm³/mol. The van der Waals surface area contributed by atoms with Crippen molar-refractivity contribution in [3.8, 4) is 0 Å². The number of rotatable bonds is 6. The minimum absolute atomic E-state index is 0. The molecule has 0 aromatic heterocycles. The Balaban J connectivity index is -0.0000000558. The molecule has 5 nitrogen and oxygen atoms in total. The molecule has 0 fully saturated rings. The third-order valence-electron chi connectivity index (χ3n) is 1.49. The van der Waals surface area contributed by atoms with Crippen molar-refractivity contribution in [3.05, 3.63) is 0 Å². The van der Waals surface area contributed by atoms with E-state index >= 15 is 0 Å². The van der Waals surface area contributed by atoms with Crippen LogP contribution in [0.2, 0.25) is 0 Å². The molecule has 0 spiro atoms. The van der Waals surface area contributed by atoms with Gasteiger partial charge in [-0.05, 0) is 34.4 Å². The summed E-state index contributed by atoms with van der Waals surface area (Å²) in [6.45, 7) is 7.19. The van der Waals surface area contributed by atoms with Crippen molar-refractivity contribution in [1.82, 2.24) is 4.90 Å². The van der Waals surface area contributed by atoms with Gasteiger partial charge in [0.1, 0.15) is 11.6 Å². The number of carbonyl (C=O) groups excluding carboxylic acids is 4. The number of Topliss-reactive ketones (excluding diaryl/α,β-unsaturated/α-hetero) is 2. The summed E-state index contributed by atoms with van der Waals surface area (Å²) in [6, 6.07) is 0. The first-order valence-corrected chi connectivity index (χ1v) is 5.12. The van der Waals surface area contributed by atoms with Crippen LogP contribution in [0.1, 0.15) is 33.1 Å². The molecular weight excluding hydrogens is 400 g/mol. The van der Waals surface area contributed by atoms with E-state index in [1.165, 1.54) is 6.92 Å². The summed E-state index contributed by atoms with van der Waals surface area (Å²) in [5.74, 6) is 0.307. The number of ketones is 2. The summed E-state index contributed by atoms with van der Waals surface area (Å²) in [6.07, 6.45) is 2.88. The van der Waals surface area contributed by atoms with Gasteiger partial charge in [0.15, 0.2) is 0 Å². The molecule has 0 bridgehead atoms. The van der Waals surface area contributed by atoms with Crippen LogP contribution >= 0.6 is 0 Å². The quantitative estimate of drug-likeness (QED) is 0.467. The van der Waals surface area contributed by atoms with Crippen molar-refractivity contribution in [2.75, 3.05) is 20.6 Å². The van der Waals surface area contributed by atoms with Crippen LogP contribution in [0.15, 0.2) is 0 Å². The Kier molecular flexibility index (Phi) is 45.8. The van der Waals surface area contributed by atoms with Crippen molar-refractivity contribution in [3.63, 3.8) is 0 Å². The van der Waals surface area contributed by atoms with Gasteiger partial charge >= 0.3 is 0 Å². The van der Waals surface area contributed by atoms with Gasteiger partial charge in [-0.1, -0.05) is 0 Å². The van der Waals surface area contributed by atoms with Crippen LogP contribution < -0.4 is 0 Å². The van der Waals surface area contributed by atoms with E-state index in [2.05, 4.69) is 6.79 Å². The molecule has 106 valence electrons. The SMILES string of the molecule is CC(=O)CCN(C)C.CC(=O)CC[C-]=O.[CH-]=O.[Y].[Y]. The van der Waals surface area contributed by atoms with Crippen molar-refractivity contribution in [1.29, 1.82) is 0 Å². The van der Waals surface area contributed by atoms with E-state index in [1.54, 1.807) is 13.2 Å². The van der Waals surface area contributed by atoms with Gasteiger partial charge in [0.05, 0.1) is 0 Å². The summed E-state index contributed by atoms with van der Waals surface area (Å²) < 4.78 is 0. The van der Waals surface area contributed by atoms with Gasteiger partial charge < -0.3 is 19.3 Å². The van der Waals surface area contributed by atoms with E-state index in [1.807, 2.05) is 19.0 Å². The van der Waals surface area contributed by atoms with Gasteiger partial charge in [0.25, 0.3) is 0 Å². The van der Waals surface area contributed by atoms with Crippen molar-refractivity contribution < 1.29 is 84.6 Å². The van der Waals surface area contributed by atoms with Crippen LogP contribution in [-0.2, 0) is 84.6 Å². The summed E-state index contributed by atoms with van der Waals surface area (Å²) >= 11 is 0. The van der Waals surface area contributed by atoms with Crippen LogP contribution in [0.4, 0.5) is 0 Å². The Hall–Kier alpha value is 0.848. The van der Waals surface area contributed by atoms with E-state index in [-0.39, 0.29) is 83.4 Å². The largest absolute Gasteiger partial charge is 0.545 e. The van der Waals surface area contributed by atoms with E-state index in [4.69, 9.17) is 4.79 Å². The maximum atomic E-state index is 10.3.